The summed E-state index contributed by atoms with van der Waals surface area (Å²) in [5.41, 5.74) is 0. The van der Waals surface area contributed by atoms with E-state index in [4.69, 9.17) is 0 Å². The highest BCUT2D eigenvalue weighted by Gasteiger charge is 2.27. The number of imide groups is 1. The molecule has 2 amide bonds. The Morgan fingerprint density at radius 3 is 2.45 bits per heavy atom. The lowest BCUT2D eigenvalue weighted by Gasteiger charge is -2.20. The van der Waals surface area contributed by atoms with Gasteiger partial charge in [0.15, 0.2) is 0 Å². The SMILES string of the molecule is CCOC(=O)NC(=O)CN(CC)S(=O)(=O)c1ccccc1Br. The first kappa shape index (κ1) is 18.6. The molecule has 0 spiro atoms. The Balaban J connectivity index is 2.90. The standard InChI is InChI=1S/C13H17BrN2O5S/c1-3-16(9-12(17)15-13(18)21-4-2)22(19,20)11-8-6-5-7-10(11)14/h5-8H,3-4,9H2,1-2H3,(H,15,17,18). The number of rotatable bonds is 6. The molecule has 0 fully saturated rings. The molecule has 0 aromatic heterocycles. The van der Waals surface area contributed by atoms with Gasteiger partial charge < -0.3 is 4.74 Å². The van der Waals surface area contributed by atoms with Crippen LogP contribution in [0, 0.1) is 0 Å². The molecule has 0 aliphatic rings. The highest BCUT2D eigenvalue weighted by Crippen LogP contribution is 2.24. The minimum atomic E-state index is -3.85. The number of carbonyl (C=O) groups is 2. The van der Waals surface area contributed by atoms with Crippen LogP contribution in [0.1, 0.15) is 13.8 Å². The average molecular weight is 393 g/mol. The molecule has 122 valence electrons. The van der Waals surface area contributed by atoms with E-state index in [0.29, 0.717) is 4.47 Å². The Morgan fingerprint density at radius 1 is 1.27 bits per heavy atom. The van der Waals surface area contributed by atoms with Gasteiger partial charge in [0.2, 0.25) is 15.9 Å². The molecule has 0 bridgehead atoms. The molecule has 0 saturated carbocycles. The monoisotopic (exact) mass is 392 g/mol. The summed E-state index contributed by atoms with van der Waals surface area (Å²) < 4.78 is 31.0. The van der Waals surface area contributed by atoms with Crippen molar-refractivity contribution in [2.24, 2.45) is 0 Å². The van der Waals surface area contributed by atoms with Crippen LogP contribution in [-0.2, 0) is 19.6 Å². The fourth-order valence-electron chi connectivity index (χ4n) is 1.64. The summed E-state index contributed by atoms with van der Waals surface area (Å²) in [5.74, 6) is -0.754. The highest BCUT2D eigenvalue weighted by atomic mass is 79.9. The first-order chi connectivity index (χ1) is 10.3. The first-order valence-electron chi connectivity index (χ1n) is 6.54. The predicted octanol–water partition coefficient (Wildman–Crippen LogP) is 1.73. The lowest BCUT2D eigenvalue weighted by Crippen LogP contribution is -2.42. The molecule has 0 unspecified atom stereocenters. The number of hydrogen-bond donors (Lipinski definition) is 1. The third kappa shape index (κ3) is 4.79. The van der Waals surface area contributed by atoms with Gasteiger partial charge in [0.1, 0.15) is 0 Å². The van der Waals surface area contributed by atoms with Gasteiger partial charge in [-0.05, 0) is 35.0 Å². The van der Waals surface area contributed by atoms with Crippen molar-refractivity contribution < 1.29 is 22.7 Å². The molecule has 1 N–H and O–H groups in total. The lowest BCUT2D eigenvalue weighted by atomic mass is 10.4. The zero-order chi connectivity index (χ0) is 16.8. The quantitative estimate of drug-likeness (QED) is 0.795. The number of nitrogens with zero attached hydrogens (tertiary/aromatic N) is 1. The maximum absolute atomic E-state index is 12.5. The van der Waals surface area contributed by atoms with Gasteiger partial charge in [0.25, 0.3) is 0 Å². The number of alkyl carbamates (subject to hydrolysis) is 1. The summed E-state index contributed by atoms with van der Waals surface area (Å²) >= 11 is 3.18. The number of ether oxygens (including phenoxy) is 1. The fraction of sp³-hybridized carbons (Fsp3) is 0.385. The van der Waals surface area contributed by atoms with Crippen LogP contribution < -0.4 is 5.32 Å². The molecule has 1 aromatic rings. The summed E-state index contributed by atoms with van der Waals surface area (Å²) in [6.45, 7) is 2.93. The molecular weight excluding hydrogens is 376 g/mol. The molecule has 0 radical (unpaired) electrons. The third-order valence-corrected chi connectivity index (χ3v) is 5.58. The molecule has 22 heavy (non-hydrogen) atoms. The van der Waals surface area contributed by atoms with Crippen LogP contribution in [0.5, 0.6) is 0 Å². The van der Waals surface area contributed by atoms with Gasteiger partial charge in [-0.1, -0.05) is 19.1 Å². The minimum Gasteiger partial charge on any atom is -0.450 e. The van der Waals surface area contributed by atoms with E-state index in [2.05, 4.69) is 20.7 Å². The molecule has 1 aromatic carbocycles. The summed E-state index contributed by atoms with van der Waals surface area (Å²) in [4.78, 5) is 23.0. The summed E-state index contributed by atoms with van der Waals surface area (Å²) in [7, 11) is -3.85. The molecule has 0 aliphatic carbocycles. The number of carbonyl (C=O) groups excluding carboxylic acids is 2. The van der Waals surface area contributed by atoms with Crippen LogP contribution in [0.4, 0.5) is 4.79 Å². The highest BCUT2D eigenvalue weighted by molar-refractivity contribution is 9.10. The van der Waals surface area contributed by atoms with E-state index in [1.54, 1.807) is 32.0 Å². The number of halogens is 1. The van der Waals surface area contributed by atoms with Crippen molar-refractivity contribution in [3.8, 4) is 0 Å². The Bertz CT molecular complexity index is 648. The Hall–Kier alpha value is -1.45. The van der Waals surface area contributed by atoms with Gasteiger partial charge in [-0.15, -0.1) is 0 Å². The number of benzene rings is 1. The Kier molecular flexibility index (Phi) is 6.98. The van der Waals surface area contributed by atoms with Crippen molar-refractivity contribution in [3.63, 3.8) is 0 Å². The summed E-state index contributed by atoms with van der Waals surface area (Å²) in [6, 6.07) is 6.31. The van der Waals surface area contributed by atoms with Crippen LogP contribution in [0.3, 0.4) is 0 Å². The normalized spacial score (nSPS) is 11.3. The molecule has 0 saturated heterocycles. The summed E-state index contributed by atoms with van der Waals surface area (Å²) in [5, 5.41) is 1.97. The van der Waals surface area contributed by atoms with Crippen LogP contribution in [0.2, 0.25) is 0 Å². The van der Waals surface area contributed by atoms with E-state index >= 15 is 0 Å². The first-order valence-corrected chi connectivity index (χ1v) is 8.77. The molecule has 0 atom stereocenters. The summed E-state index contributed by atoms with van der Waals surface area (Å²) in [6.07, 6.45) is -0.901. The maximum Gasteiger partial charge on any atom is 0.413 e. The van der Waals surface area contributed by atoms with Crippen molar-refractivity contribution >= 4 is 38.0 Å². The molecule has 0 aliphatic heterocycles. The molecular formula is C13H17BrN2O5S. The lowest BCUT2D eigenvalue weighted by molar-refractivity contribution is -0.120. The van der Waals surface area contributed by atoms with Crippen LogP contribution in [0.15, 0.2) is 33.6 Å². The largest absolute Gasteiger partial charge is 0.450 e. The number of hydrogen-bond acceptors (Lipinski definition) is 5. The number of likely N-dealkylation sites (N-methyl/N-ethyl adjacent to an activating group) is 1. The van der Waals surface area contributed by atoms with Crippen molar-refractivity contribution in [1.29, 1.82) is 0 Å². The number of nitrogens with one attached hydrogen (secondary N) is 1. The average Bonchev–Trinajstić information content (AvgIpc) is 2.45. The second-order valence-electron chi connectivity index (χ2n) is 4.13. The Labute approximate surface area is 137 Å². The smallest absolute Gasteiger partial charge is 0.413 e. The van der Waals surface area contributed by atoms with Gasteiger partial charge in [0.05, 0.1) is 18.0 Å². The second-order valence-corrected chi connectivity index (χ2v) is 6.89. The number of amides is 2. The maximum atomic E-state index is 12.5. The zero-order valence-electron chi connectivity index (χ0n) is 12.2. The van der Waals surface area contributed by atoms with Crippen LogP contribution in [-0.4, -0.2) is 44.4 Å². The van der Waals surface area contributed by atoms with Gasteiger partial charge in [-0.2, -0.15) is 4.31 Å². The van der Waals surface area contributed by atoms with E-state index in [1.807, 2.05) is 5.32 Å². The fourth-order valence-corrected chi connectivity index (χ4v) is 4.01. The van der Waals surface area contributed by atoms with Crippen molar-refractivity contribution in [3.05, 3.63) is 28.7 Å². The van der Waals surface area contributed by atoms with Crippen molar-refractivity contribution in [2.75, 3.05) is 19.7 Å². The van der Waals surface area contributed by atoms with Gasteiger partial charge in [-0.3, -0.25) is 10.1 Å². The van der Waals surface area contributed by atoms with E-state index in [0.717, 1.165) is 4.31 Å². The molecule has 1 rings (SSSR count). The topological polar surface area (TPSA) is 92.8 Å². The van der Waals surface area contributed by atoms with Gasteiger partial charge >= 0.3 is 6.09 Å². The third-order valence-electron chi connectivity index (χ3n) is 2.64. The van der Waals surface area contributed by atoms with E-state index in [-0.39, 0.29) is 18.0 Å². The van der Waals surface area contributed by atoms with E-state index in [9.17, 15) is 18.0 Å². The Morgan fingerprint density at radius 2 is 1.91 bits per heavy atom. The molecule has 9 heteroatoms. The van der Waals surface area contributed by atoms with Crippen LogP contribution in [0.25, 0.3) is 0 Å². The predicted molar refractivity (Wildman–Crippen MR) is 83.7 cm³/mol. The second kappa shape index (κ2) is 8.25. The minimum absolute atomic E-state index is 0.0563. The molecule has 0 heterocycles. The van der Waals surface area contributed by atoms with Crippen molar-refractivity contribution in [2.45, 2.75) is 18.7 Å². The van der Waals surface area contributed by atoms with Crippen molar-refractivity contribution in [1.82, 2.24) is 9.62 Å². The zero-order valence-corrected chi connectivity index (χ0v) is 14.6. The van der Waals surface area contributed by atoms with E-state index < -0.39 is 28.6 Å². The molecule has 7 nitrogen and oxygen atoms in total. The number of sulfonamides is 1. The van der Waals surface area contributed by atoms with Gasteiger partial charge in [-0.25, -0.2) is 13.2 Å². The van der Waals surface area contributed by atoms with Gasteiger partial charge in [0, 0.05) is 11.0 Å². The van der Waals surface area contributed by atoms with E-state index in [1.165, 1.54) is 6.07 Å². The van der Waals surface area contributed by atoms with Crippen LogP contribution >= 0.6 is 15.9 Å².